The zero-order valence-corrected chi connectivity index (χ0v) is 14.1. The number of halogens is 1. The third-order valence-electron chi connectivity index (χ3n) is 4.41. The molecule has 7 nitrogen and oxygen atoms in total. The van der Waals surface area contributed by atoms with Crippen molar-refractivity contribution in [3.05, 3.63) is 23.6 Å². The fourth-order valence-electron chi connectivity index (χ4n) is 3.22. The maximum Gasteiger partial charge on any atom is 0.223 e. The minimum Gasteiger partial charge on any atom is -0.351 e. The van der Waals surface area contributed by atoms with Crippen LogP contribution in [0.5, 0.6) is 0 Å². The number of nitrogens with one attached hydrogen (secondary N) is 2. The van der Waals surface area contributed by atoms with Gasteiger partial charge in [-0.3, -0.25) is 4.68 Å². The Morgan fingerprint density at radius 2 is 2.09 bits per heavy atom. The number of rotatable bonds is 3. The second-order valence-corrected chi connectivity index (χ2v) is 6.55. The molecule has 0 bridgehead atoms. The van der Waals surface area contributed by atoms with Crippen molar-refractivity contribution in [1.29, 1.82) is 0 Å². The van der Waals surface area contributed by atoms with Gasteiger partial charge < -0.3 is 16.4 Å². The molecule has 0 aromatic carbocycles. The maximum absolute atomic E-state index is 6.20. The van der Waals surface area contributed by atoms with Gasteiger partial charge in [-0.15, -0.1) is 0 Å². The van der Waals surface area contributed by atoms with Crippen LogP contribution in [0.25, 0.3) is 11.3 Å². The summed E-state index contributed by atoms with van der Waals surface area (Å²) < 4.78 is 1.74. The Morgan fingerprint density at radius 3 is 2.65 bits per heavy atom. The van der Waals surface area contributed by atoms with Gasteiger partial charge in [0.2, 0.25) is 5.95 Å². The highest BCUT2D eigenvalue weighted by Crippen LogP contribution is 2.45. The topological polar surface area (TPSA) is 93.7 Å². The van der Waals surface area contributed by atoms with Crippen LogP contribution in [0.15, 0.2) is 18.6 Å². The quantitative estimate of drug-likeness (QED) is 0.782. The van der Waals surface area contributed by atoms with Crippen LogP contribution in [-0.2, 0) is 7.05 Å². The number of nitrogens with zero attached hydrogens (tertiary/aromatic N) is 4. The first-order valence-corrected chi connectivity index (χ1v) is 8.08. The summed E-state index contributed by atoms with van der Waals surface area (Å²) >= 11 is 6.20. The van der Waals surface area contributed by atoms with Crippen LogP contribution in [-0.4, -0.2) is 45.9 Å². The van der Waals surface area contributed by atoms with Crippen LogP contribution in [0.1, 0.15) is 12.8 Å². The monoisotopic (exact) mass is 335 g/mol. The standard InChI is InChI=1S/C14H17ClN6.CH5N/c1-21-6-9(4-18-21)12-11(15)5-17-13(20-12)19-10-2-14(3-10)7-16-8-14;1-2/h4-6,10,16H,2-3,7-8H2,1H3,(H,17,19,20);2H2,1H3. The number of anilines is 1. The summed E-state index contributed by atoms with van der Waals surface area (Å²) in [4.78, 5) is 8.83. The molecule has 1 saturated heterocycles. The Hall–Kier alpha value is -1.70. The zero-order valence-electron chi connectivity index (χ0n) is 13.4. The number of aromatic nitrogens is 4. The van der Waals surface area contributed by atoms with E-state index in [0.717, 1.165) is 24.3 Å². The van der Waals surface area contributed by atoms with Gasteiger partial charge in [0, 0.05) is 37.9 Å². The first kappa shape index (κ1) is 16.2. The van der Waals surface area contributed by atoms with Crippen LogP contribution in [0.3, 0.4) is 0 Å². The van der Waals surface area contributed by atoms with E-state index in [1.54, 1.807) is 17.1 Å². The summed E-state index contributed by atoms with van der Waals surface area (Å²) in [5, 5.41) is 11.5. The second-order valence-electron chi connectivity index (χ2n) is 6.15. The molecule has 23 heavy (non-hydrogen) atoms. The van der Waals surface area contributed by atoms with Gasteiger partial charge in [-0.25, -0.2) is 9.97 Å². The van der Waals surface area contributed by atoms with E-state index < -0.39 is 0 Å². The lowest BCUT2D eigenvalue weighted by molar-refractivity contribution is 0.0468. The van der Waals surface area contributed by atoms with Crippen molar-refractivity contribution < 1.29 is 0 Å². The first-order chi connectivity index (χ1) is 11.1. The average Bonchev–Trinajstić information content (AvgIpc) is 2.90. The summed E-state index contributed by atoms with van der Waals surface area (Å²) in [6.07, 6.45) is 7.69. The number of hydrogen-bond acceptors (Lipinski definition) is 6. The van der Waals surface area contributed by atoms with Gasteiger partial charge in [-0.05, 0) is 25.3 Å². The molecule has 1 saturated carbocycles. The van der Waals surface area contributed by atoms with Crippen molar-refractivity contribution in [2.24, 2.45) is 18.2 Å². The SMILES string of the molecule is CN.Cn1cc(-c2nc(NC3CC4(CNC4)C3)ncc2Cl)cn1. The molecule has 0 unspecified atom stereocenters. The normalized spacial score (nSPS) is 18.6. The molecule has 8 heteroatoms. The van der Waals surface area contributed by atoms with E-state index in [4.69, 9.17) is 11.6 Å². The Bertz CT molecular complexity index is 672. The van der Waals surface area contributed by atoms with Gasteiger partial charge in [0.25, 0.3) is 0 Å². The van der Waals surface area contributed by atoms with Gasteiger partial charge in [-0.2, -0.15) is 5.10 Å². The van der Waals surface area contributed by atoms with Crippen LogP contribution in [0.4, 0.5) is 5.95 Å². The van der Waals surface area contributed by atoms with E-state index >= 15 is 0 Å². The van der Waals surface area contributed by atoms with Crippen molar-refractivity contribution in [3.63, 3.8) is 0 Å². The fraction of sp³-hybridized carbons (Fsp3) is 0.533. The molecule has 0 atom stereocenters. The Kier molecular flexibility index (Phi) is 4.52. The molecule has 0 amide bonds. The van der Waals surface area contributed by atoms with Crippen molar-refractivity contribution in [2.75, 3.05) is 25.5 Å². The minimum absolute atomic E-state index is 0.468. The molecule has 3 heterocycles. The lowest BCUT2D eigenvalue weighted by Crippen LogP contribution is -2.63. The van der Waals surface area contributed by atoms with Crippen molar-refractivity contribution in [3.8, 4) is 11.3 Å². The predicted octanol–water partition coefficient (Wildman–Crippen LogP) is 1.27. The van der Waals surface area contributed by atoms with Crippen LogP contribution < -0.4 is 16.4 Å². The van der Waals surface area contributed by atoms with E-state index in [1.165, 1.54) is 19.9 Å². The van der Waals surface area contributed by atoms with Gasteiger partial charge in [-0.1, -0.05) is 11.6 Å². The Morgan fingerprint density at radius 1 is 1.35 bits per heavy atom. The molecular formula is C15H22ClN7. The molecular weight excluding hydrogens is 314 g/mol. The summed E-state index contributed by atoms with van der Waals surface area (Å²) in [5.41, 5.74) is 6.67. The van der Waals surface area contributed by atoms with E-state index in [9.17, 15) is 0 Å². The minimum atomic E-state index is 0.468. The number of aryl methyl sites for hydroxylation is 1. The Balaban J connectivity index is 0.000000753. The van der Waals surface area contributed by atoms with E-state index in [0.29, 0.717) is 22.4 Å². The molecule has 4 rings (SSSR count). The largest absolute Gasteiger partial charge is 0.351 e. The third kappa shape index (κ3) is 3.17. The van der Waals surface area contributed by atoms with Crippen molar-refractivity contribution in [1.82, 2.24) is 25.1 Å². The highest BCUT2D eigenvalue weighted by Gasteiger charge is 2.48. The highest BCUT2D eigenvalue weighted by molar-refractivity contribution is 6.32. The molecule has 1 aliphatic carbocycles. The van der Waals surface area contributed by atoms with Gasteiger partial charge in [0.05, 0.1) is 23.1 Å². The van der Waals surface area contributed by atoms with Crippen LogP contribution in [0.2, 0.25) is 5.02 Å². The third-order valence-corrected chi connectivity index (χ3v) is 4.69. The van der Waals surface area contributed by atoms with E-state index in [-0.39, 0.29) is 0 Å². The molecule has 124 valence electrons. The molecule has 1 aliphatic heterocycles. The molecule has 2 aliphatic rings. The first-order valence-electron chi connectivity index (χ1n) is 7.70. The van der Waals surface area contributed by atoms with Gasteiger partial charge >= 0.3 is 0 Å². The van der Waals surface area contributed by atoms with Gasteiger partial charge in [0.1, 0.15) is 0 Å². The molecule has 4 N–H and O–H groups in total. The van der Waals surface area contributed by atoms with Gasteiger partial charge in [0.15, 0.2) is 0 Å². The summed E-state index contributed by atoms with van der Waals surface area (Å²) in [7, 11) is 3.37. The molecule has 2 fully saturated rings. The van der Waals surface area contributed by atoms with E-state index in [1.807, 2.05) is 13.2 Å². The summed E-state index contributed by atoms with van der Waals surface area (Å²) in [6, 6.07) is 0.468. The number of nitrogens with two attached hydrogens (primary N) is 1. The second kappa shape index (κ2) is 6.43. The highest BCUT2D eigenvalue weighted by atomic mass is 35.5. The van der Waals surface area contributed by atoms with Crippen LogP contribution in [0, 0.1) is 5.41 Å². The molecule has 2 aromatic rings. The van der Waals surface area contributed by atoms with E-state index in [2.05, 4.69) is 31.4 Å². The smallest absolute Gasteiger partial charge is 0.223 e. The lowest BCUT2D eigenvalue weighted by Gasteiger charge is -2.54. The number of hydrogen-bond donors (Lipinski definition) is 3. The van der Waals surface area contributed by atoms with Crippen molar-refractivity contribution >= 4 is 17.5 Å². The average molecular weight is 336 g/mol. The molecule has 1 spiro atoms. The summed E-state index contributed by atoms with van der Waals surface area (Å²) in [5.74, 6) is 0.644. The summed E-state index contributed by atoms with van der Waals surface area (Å²) in [6.45, 7) is 2.29. The molecule has 2 aromatic heterocycles. The Labute approximate surface area is 140 Å². The zero-order chi connectivity index (χ0) is 16.4. The predicted molar refractivity (Wildman–Crippen MR) is 91.3 cm³/mol. The lowest BCUT2D eigenvalue weighted by atomic mass is 9.62. The van der Waals surface area contributed by atoms with Crippen LogP contribution >= 0.6 is 11.6 Å². The fourth-order valence-corrected chi connectivity index (χ4v) is 3.42. The molecule has 0 radical (unpaired) electrons. The maximum atomic E-state index is 6.20. The van der Waals surface area contributed by atoms with Crippen molar-refractivity contribution in [2.45, 2.75) is 18.9 Å².